The normalized spacial score (nSPS) is 27.3. The van der Waals surface area contributed by atoms with E-state index in [2.05, 4.69) is 28.9 Å². The van der Waals surface area contributed by atoms with Gasteiger partial charge in [-0.2, -0.15) is 0 Å². The Labute approximate surface area is 204 Å². The Hall–Kier alpha value is -2.14. The third-order valence-electron chi connectivity index (χ3n) is 8.50. The molecule has 0 saturated heterocycles. The summed E-state index contributed by atoms with van der Waals surface area (Å²) in [4.78, 5) is 17.9. The molecular weight excluding hydrogens is 420 g/mol. The summed E-state index contributed by atoms with van der Waals surface area (Å²) >= 11 is 0. The van der Waals surface area contributed by atoms with Crippen LogP contribution in [-0.2, 0) is 4.79 Å². The first kappa shape index (κ1) is 23.6. The molecular formula is C29H42N4O. The zero-order valence-corrected chi connectivity index (χ0v) is 20.9. The van der Waals surface area contributed by atoms with Gasteiger partial charge in [0.25, 0.3) is 0 Å². The molecule has 1 aromatic heterocycles. The van der Waals surface area contributed by atoms with Crippen LogP contribution < -0.4 is 16.0 Å². The number of carbonyl (C=O) groups is 1. The van der Waals surface area contributed by atoms with Crippen LogP contribution >= 0.6 is 0 Å². The smallest absolute Gasteiger partial charge is 0.224 e. The average molecular weight is 463 g/mol. The molecule has 3 N–H and O–H groups in total. The molecule has 0 radical (unpaired) electrons. The number of amides is 1. The number of unbranched alkanes of at least 4 members (excludes halogenated alkanes) is 2. The van der Waals surface area contributed by atoms with E-state index in [-0.39, 0.29) is 11.3 Å². The third-order valence-corrected chi connectivity index (χ3v) is 8.50. The van der Waals surface area contributed by atoms with Gasteiger partial charge < -0.3 is 16.0 Å². The summed E-state index contributed by atoms with van der Waals surface area (Å²) in [6.45, 7) is 5.28. The Kier molecular flexibility index (Phi) is 7.38. The van der Waals surface area contributed by atoms with Gasteiger partial charge in [0.15, 0.2) is 0 Å². The molecule has 4 aliphatic rings. The average Bonchev–Trinajstić information content (AvgIpc) is 2.79. The number of nitrogens with one attached hydrogen (secondary N) is 3. The quantitative estimate of drug-likeness (QED) is 0.321. The number of fused-ring (bicyclic) bond motifs is 1. The van der Waals surface area contributed by atoms with Crippen LogP contribution in [0.25, 0.3) is 10.9 Å². The van der Waals surface area contributed by atoms with E-state index in [0.29, 0.717) is 6.42 Å². The van der Waals surface area contributed by atoms with Gasteiger partial charge in [-0.3, -0.25) is 4.79 Å². The van der Waals surface area contributed by atoms with Crippen molar-refractivity contribution in [3.8, 4) is 0 Å². The molecule has 0 atom stereocenters. The number of anilines is 2. The van der Waals surface area contributed by atoms with Crippen molar-refractivity contribution >= 4 is 28.3 Å². The van der Waals surface area contributed by atoms with Gasteiger partial charge in [0, 0.05) is 18.4 Å². The summed E-state index contributed by atoms with van der Waals surface area (Å²) in [5.74, 6) is 3.72. The van der Waals surface area contributed by atoms with Gasteiger partial charge in [0.2, 0.25) is 5.91 Å². The van der Waals surface area contributed by atoms with Crippen molar-refractivity contribution in [1.82, 2.24) is 10.3 Å². The van der Waals surface area contributed by atoms with Crippen molar-refractivity contribution in [2.45, 2.75) is 77.6 Å². The molecule has 5 heteroatoms. The van der Waals surface area contributed by atoms with Crippen molar-refractivity contribution in [1.29, 1.82) is 0 Å². The SMILES string of the molecule is CCCCCNCCCNc1ccc2c(NC(=O)CC34CC5CC(CC(C5)C3)C4)cccc2n1. The molecule has 184 valence electrons. The summed E-state index contributed by atoms with van der Waals surface area (Å²) in [5, 5.41) is 11.2. The maximum absolute atomic E-state index is 13.1. The number of pyridine rings is 1. The summed E-state index contributed by atoms with van der Waals surface area (Å²) in [5.41, 5.74) is 2.08. The number of hydrogen-bond acceptors (Lipinski definition) is 4. The Bertz CT molecular complexity index is 952. The molecule has 4 saturated carbocycles. The third kappa shape index (κ3) is 5.56. The van der Waals surface area contributed by atoms with Crippen LogP contribution in [0.4, 0.5) is 11.5 Å². The fourth-order valence-electron chi connectivity index (χ4n) is 7.46. The van der Waals surface area contributed by atoms with Crippen LogP contribution in [0.15, 0.2) is 30.3 Å². The molecule has 4 aliphatic carbocycles. The van der Waals surface area contributed by atoms with E-state index in [1.165, 1.54) is 57.8 Å². The Balaban J connectivity index is 1.14. The van der Waals surface area contributed by atoms with Gasteiger partial charge >= 0.3 is 0 Å². The lowest BCUT2D eigenvalue weighted by molar-refractivity contribution is -0.124. The number of nitrogens with zero attached hydrogens (tertiary/aromatic N) is 1. The zero-order valence-electron chi connectivity index (χ0n) is 20.9. The molecule has 5 nitrogen and oxygen atoms in total. The predicted octanol–water partition coefficient (Wildman–Crippen LogP) is 6.36. The van der Waals surface area contributed by atoms with Crippen LogP contribution in [0.5, 0.6) is 0 Å². The number of rotatable bonds is 12. The summed E-state index contributed by atoms with van der Waals surface area (Å²) in [6.07, 6.45) is 13.7. The summed E-state index contributed by atoms with van der Waals surface area (Å²) in [6, 6.07) is 10.2. The number of hydrogen-bond donors (Lipinski definition) is 3. The molecule has 1 heterocycles. The summed E-state index contributed by atoms with van der Waals surface area (Å²) < 4.78 is 0. The Morgan fingerprint density at radius 3 is 2.41 bits per heavy atom. The lowest BCUT2D eigenvalue weighted by Gasteiger charge is -2.56. The van der Waals surface area contributed by atoms with Crippen LogP contribution in [-0.4, -0.2) is 30.5 Å². The van der Waals surface area contributed by atoms with Crippen LogP contribution in [0.3, 0.4) is 0 Å². The highest BCUT2D eigenvalue weighted by atomic mass is 16.1. The highest BCUT2D eigenvalue weighted by Gasteiger charge is 2.51. The van der Waals surface area contributed by atoms with Gasteiger partial charge in [-0.05, 0) is 112 Å². The molecule has 6 rings (SSSR count). The van der Waals surface area contributed by atoms with Gasteiger partial charge in [0.05, 0.1) is 11.2 Å². The van der Waals surface area contributed by atoms with Crippen molar-refractivity contribution < 1.29 is 4.79 Å². The second kappa shape index (κ2) is 10.6. The van der Waals surface area contributed by atoms with Gasteiger partial charge in [0.1, 0.15) is 5.82 Å². The van der Waals surface area contributed by atoms with Crippen LogP contribution in [0.2, 0.25) is 0 Å². The number of benzene rings is 1. The minimum absolute atomic E-state index is 0.183. The van der Waals surface area contributed by atoms with Crippen molar-refractivity contribution in [3.05, 3.63) is 30.3 Å². The van der Waals surface area contributed by atoms with Crippen LogP contribution in [0, 0.1) is 23.2 Å². The van der Waals surface area contributed by atoms with E-state index in [4.69, 9.17) is 4.98 Å². The topological polar surface area (TPSA) is 66.0 Å². The zero-order chi connectivity index (χ0) is 23.4. The molecule has 1 aromatic carbocycles. The van der Waals surface area contributed by atoms with Gasteiger partial charge in [-0.25, -0.2) is 4.98 Å². The Morgan fingerprint density at radius 2 is 1.68 bits per heavy atom. The molecule has 4 bridgehead atoms. The molecule has 0 unspecified atom stereocenters. The minimum atomic E-state index is 0.183. The second-order valence-corrected chi connectivity index (χ2v) is 11.4. The van der Waals surface area contributed by atoms with Gasteiger partial charge in [-0.15, -0.1) is 0 Å². The molecule has 1 amide bonds. The van der Waals surface area contributed by atoms with Gasteiger partial charge in [-0.1, -0.05) is 25.8 Å². The largest absolute Gasteiger partial charge is 0.370 e. The molecule has 0 spiro atoms. The minimum Gasteiger partial charge on any atom is -0.370 e. The molecule has 34 heavy (non-hydrogen) atoms. The second-order valence-electron chi connectivity index (χ2n) is 11.4. The first-order chi connectivity index (χ1) is 16.6. The van der Waals surface area contributed by atoms with Crippen LogP contribution in [0.1, 0.15) is 77.6 Å². The highest BCUT2D eigenvalue weighted by Crippen LogP contribution is 2.61. The van der Waals surface area contributed by atoms with E-state index in [0.717, 1.165) is 66.2 Å². The van der Waals surface area contributed by atoms with E-state index in [1.54, 1.807) is 0 Å². The van der Waals surface area contributed by atoms with Crippen molar-refractivity contribution in [2.75, 3.05) is 30.3 Å². The molecule has 4 fully saturated rings. The number of aromatic nitrogens is 1. The standard InChI is InChI=1S/C29H42N4O/c1-2-3-4-11-30-12-6-13-31-27-10-9-24-25(32-27)7-5-8-26(24)33-28(34)20-29-17-21-14-22(18-29)16-23(15-21)19-29/h5,7-10,21-23,30H,2-4,6,11-20H2,1H3,(H,31,32)(H,33,34). The van der Waals surface area contributed by atoms with E-state index < -0.39 is 0 Å². The maximum Gasteiger partial charge on any atom is 0.224 e. The summed E-state index contributed by atoms with van der Waals surface area (Å²) in [7, 11) is 0. The first-order valence-corrected chi connectivity index (χ1v) is 13.8. The lowest BCUT2D eigenvalue weighted by atomic mass is 9.49. The van der Waals surface area contributed by atoms with E-state index >= 15 is 0 Å². The maximum atomic E-state index is 13.1. The first-order valence-electron chi connectivity index (χ1n) is 13.8. The molecule has 2 aromatic rings. The highest BCUT2D eigenvalue weighted by molar-refractivity contribution is 6.01. The fourth-order valence-corrected chi connectivity index (χ4v) is 7.46. The van der Waals surface area contributed by atoms with E-state index in [9.17, 15) is 4.79 Å². The van der Waals surface area contributed by atoms with E-state index in [1.807, 2.05) is 24.3 Å². The monoisotopic (exact) mass is 462 g/mol. The number of carbonyl (C=O) groups excluding carboxylic acids is 1. The predicted molar refractivity (Wildman–Crippen MR) is 141 cm³/mol. The Morgan fingerprint density at radius 1 is 0.941 bits per heavy atom. The molecule has 0 aliphatic heterocycles. The van der Waals surface area contributed by atoms with Crippen molar-refractivity contribution in [2.24, 2.45) is 23.2 Å². The van der Waals surface area contributed by atoms with Crippen molar-refractivity contribution in [3.63, 3.8) is 0 Å². The fraction of sp³-hybridized carbons (Fsp3) is 0.655. The lowest BCUT2D eigenvalue weighted by Crippen LogP contribution is -2.47.